The van der Waals surface area contributed by atoms with Gasteiger partial charge in [-0.1, -0.05) is 55.8 Å². The zero-order valence-corrected chi connectivity index (χ0v) is 15.5. The second kappa shape index (κ2) is 7.49. The molecule has 0 radical (unpaired) electrons. The Bertz CT molecular complexity index is 1170. The van der Waals surface area contributed by atoms with E-state index in [0.717, 1.165) is 40.8 Å². The number of rotatable bonds is 5. The van der Waals surface area contributed by atoms with Gasteiger partial charge in [-0.25, -0.2) is 9.38 Å². The molecule has 6 heteroatoms. The Morgan fingerprint density at radius 2 is 1.89 bits per heavy atom. The Kier molecular flexibility index (Phi) is 4.73. The van der Waals surface area contributed by atoms with Gasteiger partial charge in [0.1, 0.15) is 6.33 Å². The van der Waals surface area contributed by atoms with Gasteiger partial charge in [0.15, 0.2) is 0 Å². The van der Waals surface area contributed by atoms with Crippen LogP contribution in [0.3, 0.4) is 0 Å². The van der Waals surface area contributed by atoms with Crippen LogP contribution in [0.5, 0.6) is 5.88 Å². The van der Waals surface area contributed by atoms with Crippen LogP contribution in [-0.2, 0) is 12.8 Å². The smallest absolute Gasteiger partial charge is 0.257 e. The summed E-state index contributed by atoms with van der Waals surface area (Å²) in [6.07, 6.45) is 3.72. The first kappa shape index (κ1) is 17.7. The molecule has 2 aromatic carbocycles. The number of hydrogen-bond donors (Lipinski definition) is 1. The van der Waals surface area contributed by atoms with Gasteiger partial charge in [0, 0.05) is 12.0 Å². The van der Waals surface area contributed by atoms with Gasteiger partial charge in [-0.05, 0) is 29.2 Å². The molecule has 2 heterocycles. The molecule has 0 atom stereocenters. The largest absolute Gasteiger partial charge is 0.494 e. The SMILES string of the molecule is CCCc1nc2nncn2c(O)c1Cc1ccc(-c2ccccc2C#N)cc1. The van der Waals surface area contributed by atoms with Crippen molar-refractivity contribution < 1.29 is 5.11 Å². The van der Waals surface area contributed by atoms with E-state index >= 15 is 0 Å². The summed E-state index contributed by atoms with van der Waals surface area (Å²) in [4.78, 5) is 4.56. The fourth-order valence-corrected chi connectivity index (χ4v) is 3.38. The van der Waals surface area contributed by atoms with Crippen LogP contribution in [0.4, 0.5) is 0 Å². The summed E-state index contributed by atoms with van der Waals surface area (Å²) >= 11 is 0. The highest BCUT2D eigenvalue weighted by Crippen LogP contribution is 2.27. The lowest BCUT2D eigenvalue weighted by atomic mass is 9.97. The van der Waals surface area contributed by atoms with Crippen LogP contribution in [0, 0.1) is 11.3 Å². The third-order valence-corrected chi connectivity index (χ3v) is 4.79. The van der Waals surface area contributed by atoms with E-state index in [2.05, 4.69) is 28.2 Å². The summed E-state index contributed by atoms with van der Waals surface area (Å²) < 4.78 is 1.51. The standard InChI is InChI=1S/C22H19N5O/c1-2-5-20-19(21(28)27-14-24-26-22(27)25-20)12-15-8-10-16(11-9-15)18-7-4-3-6-17(18)13-23/h3-4,6-11,14,28H,2,5,12H2,1H3. The number of nitrogens with zero attached hydrogens (tertiary/aromatic N) is 5. The number of fused-ring (bicyclic) bond motifs is 1. The molecule has 28 heavy (non-hydrogen) atoms. The quantitative estimate of drug-likeness (QED) is 0.576. The van der Waals surface area contributed by atoms with E-state index < -0.39 is 0 Å². The molecule has 0 aliphatic heterocycles. The molecular formula is C22H19N5O. The van der Waals surface area contributed by atoms with Crippen molar-refractivity contribution >= 4 is 5.78 Å². The van der Waals surface area contributed by atoms with E-state index in [4.69, 9.17) is 0 Å². The van der Waals surface area contributed by atoms with Crippen molar-refractivity contribution in [1.29, 1.82) is 5.26 Å². The maximum atomic E-state index is 10.7. The van der Waals surface area contributed by atoms with Crippen LogP contribution in [0.15, 0.2) is 54.9 Å². The predicted molar refractivity (Wildman–Crippen MR) is 106 cm³/mol. The summed E-state index contributed by atoms with van der Waals surface area (Å²) in [5, 5.41) is 27.8. The molecule has 0 unspecified atom stereocenters. The fraction of sp³-hybridized carbons (Fsp3) is 0.182. The number of nitriles is 1. The molecule has 0 fully saturated rings. The van der Waals surface area contributed by atoms with Crippen molar-refractivity contribution in [2.24, 2.45) is 0 Å². The Hall–Kier alpha value is -3.72. The minimum absolute atomic E-state index is 0.136. The van der Waals surface area contributed by atoms with Gasteiger partial charge in [0.25, 0.3) is 5.78 Å². The highest BCUT2D eigenvalue weighted by atomic mass is 16.3. The molecule has 0 saturated heterocycles. The lowest BCUT2D eigenvalue weighted by Crippen LogP contribution is -2.04. The molecule has 6 nitrogen and oxygen atoms in total. The average Bonchev–Trinajstić information content (AvgIpc) is 3.20. The first-order chi connectivity index (χ1) is 13.7. The first-order valence-electron chi connectivity index (χ1n) is 9.20. The predicted octanol–water partition coefficient (Wildman–Crippen LogP) is 3.91. The van der Waals surface area contributed by atoms with E-state index in [9.17, 15) is 10.4 Å². The average molecular weight is 369 g/mol. The molecular weight excluding hydrogens is 350 g/mol. The van der Waals surface area contributed by atoms with Crippen LogP contribution in [0.1, 0.15) is 35.7 Å². The van der Waals surface area contributed by atoms with E-state index in [1.165, 1.54) is 10.7 Å². The number of benzene rings is 2. The normalized spacial score (nSPS) is 10.9. The number of aryl methyl sites for hydroxylation is 1. The van der Waals surface area contributed by atoms with Crippen molar-refractivity contribution in [3.05, 3.63) is 77.2 Å². The highest BCUT2D eigenvalue weighted by Gasteiger charge is 2.16. The molecule has 138 valence electrons. The topological polar surface area (TPSA) is 87.1 Å². The van der Waals surface area contributed by atoms with Crippen LogP contribution in [-0.4, -0.2) is 24.7 Å². The minimum atomic E-state index is 0.136. The van der Waals surface area contributed by atoms with Crippen LogP contribution in [0.2, 0.25) is 0 Å². The molecule has 0 aliphatic rings. The Balaban J connectivity index is 1.69. The second-order valence-corrected chi connectivity index (χ2v) is 6.64. The Morgan fingerprint density at radius 3 is 2.64 bits per heavy atom. The zero-order chi connectivity index (χ0) is 19.5. The van der Waals surface area contributed by atoms with Gasteiger partial charge >= 0.3 is 0 Å². The van der Waals surface area contributed by atoms with E-state index in [0.29, 0.717) is 17.8 Å². The molecule has 0 spiro atoms. The summed E-state index contributed by atoms with van der Waals surface area (Å²) in [6, 6.07) is 17.9. The minimum Gasteiger partial charge on any atom is -0.494 e. The fourth-order valence-electron chi connectivity index (χ4n) is 3.38. The molecule has 4 aromatic rings. The van der Waals surface area contributed by atoms with E-state index in [1.54, 1.807) is 0 Å². The maximum Gasteiger partial charge on any atom is 0.257 e. The zero-order valence-electron chi connectivity index (χ0n) is 15.5. The van der Waals surface area contributed by atoms with Crippen LogP contribution < -0.4 is 0 Å². The van der Waals surface area contributed by atoms with Crippen molar-refractivity contribution in [2.45, 2.75) is 26.2 Å². The summed E-state index contributed by atoms with van der Waals surface area (Å²) in [6.45, 7) is 2.08. The molecule has 0 amide bonds. The van der Waals surface area contributed by atoms with Gasteiger partial charge in [-0.15, -0.1) is 10.2 Å². The summed E-state index contributed by atoms with van der Waals surface area (Å²) in [5.74, 6) is 0.547. The van der Waals surface area contributed by atoms with Crippen molar-refractivity contribution in [2.75, 3.05) is 0 Å². The van der Waals surface area contributed by atoms with Crippen LogP contribution in [0.25, 0.3) is 16.9 Å². The lowest BCUT2D eigenvalue weighted by molar-refractivity contribution is 0.436. The Labute approximate surface area is 162 Å². The van der Waals surface area contributed by atoms with Crippen molar-refractivity contribution in [1.82, 2.24) is 19.6 Å². The summed E-state index contributed by atoms with van der Waals surface area (Å²) in [5.41, 5.74) is 5.25. The van der Waals surface area contributed by atoms with Gasteiger partial charge < -0.3 is 5.11 Å². The molecule has 0 aliphatic carbocycles. The van der Waals surface area contributed by atoms with E-state index in [1.807, 2.05) is 48.5 Å². The molecule has 4 rings (SSSR count). The molecule has 0 bridgehead atoms. The molecule has 1 N–H and O–H groups in total. The van der Waals surface area contributed by atoms with Gasteiger partial charge in [0.05, 0.1) is 17.3 Å². The molecule has 2 aromatic heterocycles. The van der Waals surface area contributed by atoms with Gasteiger partial charge in [0.2, 0.25) is 5.88 Å². The third-order valence-electron chi connectivity index (χ3n) is 4.79. The van der Waals surface area contributed by atoms with E-state index in [-0.39, 0.29) is 5.88 Å². The number of aromatic hydroxyl groups is 1. The van der Waals surface area contributed by atoms with Crippen LogP contribution >= 0.6 is 0 Å². The monoisotopic (exact) mass is 369 g/mol. The number of hydrogen-bond acceptors (Lipinski definition) is 5. The van der Waals surface area contributed by atoms with Gasteiger partial charge in [-0.2, -0.15) is 5.26 Å². The summed E-state index contributed by atoms with van der Waals surface area (Å²) in [7, 11) is 0. The molecule has 0 saturated carbocycles. The maximum absolute atomic E-state index is 10.7. The highest BCUT2D eigenvalue weighted by molar-refractivity contribution is 5.70. The lowest BCUT2D eigenvalue weighted by Gasteiger charge is -2.12. The Morgan fingerprint density at radius 1 is 1.11 bits per heavy atom. The van der Waals surface area contributed by atoms with Gasteiger partial charge in [-0.3, -0.25) is 0 Å². The first-order valence-corrected chi connectivity index (χ1v) is 9.20. The van der Waals surface area contributed by atoms with Crippen molar-refractivity contribution in [3.8, 4) is 23.1 Å². The third kappa shape index (κ3) is 3.19. The van der Waals surface area contributed by atoms with Crippen molar-refractivity contribution in [3.63, 3.8) is 0 Å². The second-order valence-electron chi connectivity index (χ2n) is 6.64. The number of aromatic nitrogens is 4.